The zero-order valence-electron chi connectivity index (χ0n) is 3.92. The number of rotatable bonds is 0. The van der Waals surface area contributed by atoms with Crippen molar-refractivity contribution in [2.45, 2.75) is 0 Å². The summed E-state index contributed by atoms with van der Waals surface area (Å²) in [5.74, 6) is 0. The molecule has 0 fully saturated rings. The average molecular weight is 764 g/mol. The normalized spacial score (nSPS) is 8.44. The molecule has 0 bridgehead atoms. The van der Waals surface area contributed by atoms with Crippen LogP contribution in [0.2, 0.25) is 0 Å². The predicted molar refractivity (Wildman–Crippen MR) is 70.5 cm³/mol. The number of hydrogen-bond donors (Lipinski definition) is 0. The Hall–Kier alpha value is 3.45. The van der Waals surface area contributed by atoms with Gasteiger partial charge in [0.05, 0.1) is 0 Å². The zero-order chi connectivity index (χ0) is 4.50. The van der Waals surface area contributed by atoms with Crippen LogP contribution in [0.15, 0.2) is 0 Å². The third kappa shape index (κ3) is 85.9. The Bertz CT molecular complexity index is 28.0. The molecule has 0 rings (SSSR count). The van der Waals surface area contributed by atoms with Gasteiger partial charge in [0.25, 0.3) is 0 Å². The van der Waals surface area contributed by atoms with E-state index in [-0.39, 0.29) is 21.9 Å². The Morgan fingerprint density at radius 2 is 0.556 bits per heavy atom. The summed E-state index contributed by atoms with van der Waals surface area (Å²) in [6, 6.07) is 0. The Kier molecular flexibility index (Phi) is 45.7. The van der Waals surface area contributed by atoms with Crippen molar-refractivity contribution in [3.8, 4) is 0 Å². The first kappa shape index (κ1) is 29.4. The van der Waals surface area contributed by atoms with Crippen molar-refractivity contribution in [1.29, 1.82) is 0 Å². The molecule has 0 unspecified atom stereocenters. The molecule has 0 aromatic carbocycles. The maximum absolute atomic E-state index is 2.55. The fourth-order valence-electron chi connectivity index (χ4n) is 0. The molecule has 0 aliphatic carbocycles. The van der Waals surface area contributed by atoms with Crippen LogP contribution in [0.4, 0.5) is 0 Å². The van der Waals surface area contributed by atoms with E-state index in [1.165, 1.54) is 0 Å². The van der Waals surface area contributed by atoms with Crippen LogP contribution in [-0.2, 0) is 1.33 Å². The molecule has 66 valence electrons. The van der Waals surface area contributed by atoms with E-state index in [9.17, 15) is 0 Å². The first-order valence-corrected chi connectivity index (χ1v) is 33.9. The van der Waals surface area contributed by atoms with Crippen LogP contribution in [-0.4, -0.2) is 21.9 Å². The van der Waals surface area contributed by atoms with Gasteiger partial charge in [-0.05, 0) is 0 Å². The van der Waals surface area contributed by atoms with Gasteiger partial charge in [0, 0.05) is 0 Å². The summed E-state index contributed by atoms with van der Waals surface area (Å²) < 4.78 is -1.29. The van der Waals surface area contributed by atoms with E-state index in [0.717, 1.165) is 0 Å². The molecule has 0 atom stereocenters. The first-order valence-electron chi connectivity index (χ1n) is 0.617. The van der Waals surface area contributed by atoms with Crippen molar-refractivity contribution in [3.05, 3.63) is 0 Å². The van der Waals surface area contributed by atoms with Gasteiger partial charge in [-0.1, -0.05) is 0 Å². The summed E-state index contributed by atoms with van der Waals surface area (Å²) in [5, 5.41) is 0. The van der Waals surface area contributed by atoms with Crippen molar-refractivity contribution < 1.29 is 23.2 Å². The molecule has 0 aromatic heterocycles. The van der Waals surface area contributed by atoms with Crippen LogP contribution >= 0.6 is 77.4 Å². The SMILES string of the molecule is O.O.O.O.[I][W]([I])([I])[I]. The van der Waals surface area contributed by atoms with E-state index < -0.39 is 1.33 Å². The third-order valence-corrected chi connectivity index (χ3v) is 0. The molecule has 8 N–H and O–H groups in total. The van der Waals surface area contributed by atoms with E-state index in [1.54, 1.807) is 0 Å². The van der Waals surface area contributed by atoms with Crippen LogP contribution in [0.1, 0.15) is 0 Å². The average Bonchev–Trinajstić information content (AvgIpc) is 0.722. The maximum atomic E-state index is 2.55. The summed E-state index contributed by atoms with van der Waals surface area (Å²) in [6.45, 7) is 0. The van der Waals surface area contributed by atoms with Gasteiger partial charge in [0.1, 0.15) is 0 Å². The van der Waals surface area contributed by atoms with Crippen LogP contribution in [0.25, 0.3) is 0 Å². The molecule has 9 heavy (non-hydrogen) atoms. The molecule has 0 radical (unpaired) electrons. The Morgan fingerprint density at radius 1 is 0.556 bits per heavy atom. The molecule has 0 aliphatic rings. The second-order valence-corrected chi connectivity index (χ2v) is 129. The molecule has 0 heterocycles. The van der Waals surface area contributed by atoms with Gasteiger partial charge in [0.15, 0.2) is 0 Å². The Labute approximate surface area is 98.0 Å². The van der Waals surface area contributed by atoms with Crippen LogP contribution in [0, 0.1) is 0 Å². The molecule has 0 spiro atoms. The fourth-order valence-corrected chi connectivity index (χ4v) is 0. The molecule has 0 saturated carbocycles. The summed E-state index contributed by atoms with van der Waals surface area (Å²) in [4.78, 5) is 0. The summed E-state index contributed by atoms with van der Waals surface area (Å²) in [7, 11) is 0. The van der Waals surface area contributed by atoms with E-state index in [4.69, 9.17) is 0 Å². The Morgan fingerprint density at radius 3 is 0.556 bits per heavy atom. The van der Waals surface area contributed by atoms with Crippen molar-refractivity contribution in [1.82, 2.24) is 0 Å². The number of hydrogen-bond acceptors (Lipinski definition) is 0. The van der Waals surface area contributed by atoms with Crippen molar-refractivity contribution in [2.75, 3.05) is 0 Å². The van der Waals surface area contributed by atoms with Gasteiger partial charge in [-0.15, -0.1) is 0 Å². The minimum atomic E-state index is -1.29. The predicted octanol–water partition coefficient (Wildman–Crippen LogP) is 0.241. The van der Waals surface area contributed by atoms with Gasteiger partial charge < -0.3 is 21.9 Å². The number of halogens is 4. The topological polar surface area (TPSA) is 126 Å². The van der Waals surface area contributed by atoms with Gasteiger partial charge in [-0.25, -0.2) is 0 Å². The monoisotopic (exact) mass is 764 g/mol. The third-order valence-electron chi connectivity index (χ3n) is 0. The zero-order valence-corrected chi connectivity index (χ0v) is 15.5. The molecule has 4 nitrogen and oxygen atoms in total. The Balaban J connectivity index is -0.0000000133. The second-order valence-electron chi connectivity index (χ2n) is 0.350. The quantitative estimate of drug-likeness (QED) is 0.314. The van der Waals surface area contributed by atoms with Crippen molar-refractivity contribution in [2.24, 2.45) is 0 Å². The fraction of sp³-hybridized carbons (Fsp3) is 0. The summed E-state index contributed by atoms with van der Waals surface area (Å²) >= 11 is 10.2. The van der Waals surface area contributed by atoms with Crippen molar-refractivity contribution in [3.63, 3.8) is 0 Å². The molecular formula is H8I4O4W. The molecule has 0 saturated heterocycles. The van der Waals surface area contributed by atoms with Gasteiger partial charge >= 0.3 is 78.7 Å². The van der Waals surface area contributed by atoms with Crippen LogP contribution in [0.3, 0.4) is 0 Å². The molecule has 0 aliphatic heterocycles. The van der Waals surface area contributed by atoms with Crippen LogP contribution in [0.5, 0.6) is 0 Å². The molecule has 9 heteroatoms. The summed E-state index contributed by atoms with van der Waals surface area (Å²) in [5.41, 5.74) is 0. The molecular weight excluding hydrogens is 755 g/mol. The van der Waals surface area contributed by atoms with E-state index in [0.29, 0.717) is 0 Å². The van der Waals surface area contributed by atoms with E-state index in [2.05, 4.69) is 77.4 Å². The van der Waals surface area contributed by atoms with Gasteiger partial charge in [0.2, 0.25) is 0 Å². The minimum absolute atomic E-state index is 0. The van der Waals surface area contributed by atoms with Crippen LogP contribution < -0.4 is 0 Å². The molecule has 0 amide bonds. The standard InChI is InChI=1S/4HI.4H2O.W/h4*1H;4*1H2;/q;;;;;;;;+4/p-4. The second kappa shape index (κ2) is 14.0. The first-order chi connectivity index (χ1) is 2.00. The summed E-state index contributed by atoms with van der Waals surface area (Å²) in [6.07, 6.45) is 0. The van der Waals surface area contributed by atoms with Crippen molar-refractivity contribution >= 4 is 77.4 Å². The molecule has 0 aromatic rings. The van der Waals surface area contributed by atoms with Gasteiger partial charge in [-0.2, -0.15) is 0 Å². The van der Waals surface area contributed by atoms with E-state index >= 15 is 0 Å². The van der Waals surface area contributed by atoms with Gasteiger partial charge in [-0.3, -0.25) is 0 Å². The van der Waals surface area contributed by atoms with E-state index in [1.807, 2.05) is 0 Å².